The molecule has 3 rings (SSSR count). The fourth-order valence-corrected chi connectivity index (χ4v) is 2.32. The minimum absolute atomic E-state index is 0.00852. The fourth-order valence-electron chi connectivity index (χ4n) is 2.32. The summed E-state index contributed by atoms with van der Waals surface area (Å²) in [7, 11) is 1.64. The van der Waals surface area contributed by atoms with Crippen molar-refractivity contribution in [3.63, 3.8) is 0 Å². The molecule has 0 spiro atoms. The number of hydrogen-bond donors (Lipinski definition) is 1. The maximum Gasteiger partial charge on any atom is 0.412 e. The summed E-state index contributed by atoms with van der Waals surface area (Å²) >= 11 is 0. The van der Waals surface area contributed by atoms with Crippen molar-refractivity contribution < 1.29 is 19.1 Å². The van der Waals surface area contributed by atoms with Gasteiger partial charge in [0.1, 0.15) is 18.0 Å². The zero-order valence-electron chi connectivity index (χ0n) is 12.6. The van der Waals surface area contributed by atoms with Gasteiger partial charge in [-0.3, -0.25) is 10.1 Å². The van der Waals surface area contributed by atoms with Crippen molar-refractivity contribution in [2.24, 2.45) is 0 Å². The van der Waals surface area contributed by atoms with E-state index in [0.717, 1.165) is 5.56 Å². The second-order valence-corrected chi connectivity index (χ2v) is 5.08. The monoisotopic (exact) mass is 312 g/mol. The highest BCUT2D eigenvalue weighted by Crippen LogP contribution is 2.38. The first-order chi connectivity index (χ1) is 11.1. The zero-order valence-corrected chi connectivity index (χ0v) is 12.6. The Kier molecular flexibility index (Phi) is 4.14. The molecule has 0 aromatic heterocycles. The van der Waals surface area contributed by atoms with Crippen molar-refractivity contribution in [1.29, 1.82) is 0 Å². The first-order valence-electron chi connectivity index (χ1n) is 7.15. The molecule has 2 aromatic carbocycles. The molecule has 1 N–H and O–H groups in total. The molecule has 23 heavy (non-hydrogen) atoms. The van der Waals surface area contributed by atoms with Crippen LogP contribution in [0.3, 0.4) is 0 Å². The Bertz CT molecular complexity index is 731. The van der Waals surface area contributed by atoms with Crippen LogP contribution in [0.4, 0.5) is 16.2 Å². The third-order valence-electron chi connectivity index (χ3n) is 3.51. The molecule has 6 heteroatoms. The molecule has 1 aliphatic rings. The van der Waals surface area contributed by atoms with Crippen LogP contribution in [0.5, 0.6) is 5.75 Å². The molecule has 0 bridgehead atoms. The molecule has 1 heterocycles. The average molecular weight is 312 g/mol. The van der Waals surface area contributed by atoms with Crippen LogP contribution in [0.15, 0.2) is 48.5 Å². The first kappa shape index (κ1) is 14.9. The summed E-state index contributed by atoms with van der Waals surface area (Å²) in [5.41, 5.74) is 1.89. The molecule has 1 aliphatic heterocycles. The number of fused-ring (bicyclic) bond motifs is 1. The number of para-hydroxylation sites is 1. The molecular weight excluding hydrogens is 296 g/mol. The van der Waals surface area contributed by atoms with E-state index in [1.165, 1.54) is 4.90 Å². The molecule has 2 amide bonds. The van der Waals surface area contributed by atoms with E-state index < -0.39 is 6.09 Å². The number of ether oxygens (including phenoxy) is 2. The van der Waals surface area contributed by atoms with Crippen LogP contribution in [-0.2, 0) is 16.1 Å². The molecular formula is C17H16N2O4. The van der Waals surface area contributed by atoms with Crippen LogP contribution >= 0.6 is 0 Å². The number of hydrogen-bond acceptors (Lipinski definition) is 4. The van der Waals surface area contributed by atoms with Gasteiger partial charge in [-0.15, -0.1) is 0 Å². The van der Waals surface area contributed by atoms with E-state index in [1.807, 2.05) is 30.3 Å². The molecule has 0 aliphatic carbocycles. The molecule has 0 fully saturated rings. The van der Waals surface area contributed by atoms with Crippen molar-refractivity contribution in [3.8, 4) is 5.75 Å². The number of rotatable bonds is 3. The highest BCUT2D eigenvalue weighted by Gasteiger charge is 2.25. The van der Waals surface area contributed by atoms with E-state index in [2.05, 4.69) is 5.32 Å². The van der Waals surface area contributed by atoms with Crippen LogP contribution in [0.25, 0.3) is 0 Å². The zero-order chi connectivity index (χ0) is 16.2. The minimum Gasteiger partial charge on any atom is -0.481 e. The van der Waals surface area contributed by atoms with Crippen LogP contribution < -0.4 is 15.0 Å². The van der Waals surface area contributed by atoms with Crippen LogP contribution in [0, 0.1) is 0 Å². The third-order valence-corrected chi connectivity index (χ3v) is 3.51. The number of carbonyl (C=O) groups is 2. The molecule has 6 nitrogen and oxygen atoms in total. The maximum atomic E-state index is 12.0. The van der Waals surface area contributed by atoms with Gasteiger partial charge in [0.05, 0.1) is 5.69 Å². The lowest BCUT2D eigenvalue weighted by molar-refractivity contribution is -0.120. The molecule has 0 atom stereocenters. The second kappa shape index (κ2) is 6.39. The Balaban J connectivity index is 1.71. The lowest BCUT2D eigenvalue weighted by atomic mass is 10.2. The smallest absolute Gasteiger partial charge is 0.412 e. The van der Waals surface area contributed by atoms with Crippen molar-refractivity contribution in [2.45, 2.75) is 6.61 Å². The first-order valence-corrected chi connectivity index (χ1v) is 7.15. The van der Waals surface area contributed by atoms with Gasteiger partial charge in [-0.2, -0.15) is 0 Å². The van der Waals surface area contributed by atoms with Gasteiger partial charge in [-0.25, -0.2) is 4.79 Å². The number of benzene rings is 2. The number of anilines is 2. The van der Waals surface area contributed by atoms with Gasteiger partial charge in [0.2, 0.25) is 0 Å². The summed E-state index contributed by atoms with van der Waals surface area (Å²) in [6.45, 7) is 0.165. The van der Waals surface area contributed by atoms with E-state index >= 15 is 0 Å². The van der Waals surface area contributed by atoms with Gasteiger partial charge in [-0.1, -0.05) is 36.4 Å². The fraction of sp³-hybridized carbons (Fsp3) is 0.176. The van der Waals surface area contributed by atoms with Gasteiger partial charge < -0.3 is 14.4 Å². The van der Waals surface area contributed by atoms with Gasteiger partial charge in [0.15, 0.2) is 6.61 Å². The Labute approximate surface area is 133 Å². The van der Waals surface area contributed by atoms with E-state index in [1.54, 1.807) is 25.2 Å². The number of carbonyl (C=O) groups excluding carboxylic acids is 2. The Hall–Kier alpha value is -3.02. The van der Waals surface area contributed by atoms with Crippen molar-refractivity contribution in [1.82, 2.24) is 0 Å². The Morgan fingerprint density at radius 3 is 2.78 bits per heavy atom. The van der Waals surface area contributed by atoms with Gasteiger partial charge in [0.25, 0.3) is 5.91 Å². The van der Waals surface area contributed by atoms with Gasteiger partial charge >= 0.3 is 6.09 Å². The van der Waals surface area contributed by atoms with Crippen molar-refractivity contribution in [2.75, 3.05) is 23.9 Å². The molecule has 0 unspecified atom stereocenters. The highest BCUT2D eigenvalue weighted by atomic mass is 16.5. The number of amides is 2. The quantitative estimate of drug-likeness (QED) is 0.946. The van der Waals surface area contributed by atoms with Gasteiger partial charge in [0, 0.05) is 7.05 Å². The summed E-state index contributed by atoms with van der Waals surface area (Å²) in [5, 5.41) is 2.66. The van der Waals surface area contributed by atoms with Crippen molar-refractivity contribution >= 4 is 23.4 Å². The summed E-state index contributed by atoms with van der Waals surface area (Å²) < 4.78 is 10.6. The topological polar surface area (TPSA) is 67.9 Å². The minimum atomic E-state index is -0.589. The van der Waals surface area contributed by atoms with E-state index in [-0.39, 0.29) is 19.1 Å². The lowest BCUT2D eigenvalue weighted by Gasteiger charge is -2.28. The number of nitrogens with one attached hydrogen (secondary N) is 1. The van der Waals surface area contributed by atoms with E-state index in [9.17, 15) is 9.59 Å². The second-order valence-electron chi connectivity index (χ2n) is 5.08. The number of likely N-dealkylation sites (N-methyl/N-ethyl adjacent to an activating group) is 1. The summed E-state index contributed by atoms with van der Waals surface area (Å²) in [6.07, 6.45) is -0.589. The molecule has 0 saturated carbocycles. The van der Waals surface area contributed by atoms with Crippen LogP contribution in [0.1, 0.15) is 5.56 Å². The SMILES string of the molecule is CN1C(=O)COc2cccc(NC(=O)OCc3ccccc3)c21. The summed E-state index contributed by atoms with van der Waals surface area (Å²) in [6, 6.07) is 14.6. The van der Waals surface area contributed by atoms with E-state index in [4.69, 9.17) is 9.47 Å². The predicted octanol–water partition coefficient (Wildman–Crippen LogP) is 2.79. The predicted molar refractivity (Wildman–Crippen MR) is 85.6 cm³/mol. The average Bonchev–Trinajstić information content (AvgIpc) is 2.57. The molecule has 2 aromatic rings. The summed E-state index contributed by atoms with van der Waals surface area (Å²) in [4.78, 5) is 25.2. The normalized spacial score (nSPS) is 13.1. The lowest BCUT2D eigenvalue weighted by Crippen LogP contribution is -2.36. The van der Waals surface area contributed by atoms with Crippen LogP contribution in [0.2, 0.25) is 0 Å². The highest BCUT2D eigenvalue weighted by molar-refractivity contribution is 6.03. The summed E-state index contributed by atoms with van der Waals surface area (Å²) in [5.74, 6) is 0.373. The Morgan fingerprint density at radius 2 is 2.00 bits per heavy atom. The Morgan fingerprint density at radius 1 is 1.22 bits per heavy atom. The molecule has 0 radical (unpaired) electrons. The number of nitrogens with zero attached hydrogens (tertiary/aromatic N) is 1. The standard InChI is InChI=1S/C17H16N2O4/c1-19-15(20)11-22-14-9-5-8-13(16(14)19)18-17(21)23-10-12-6-3-2-4-7-12/h2-9H,10-11H2,1H3,(H,18,21). The van der Waals surface area contributed by atoms with Crippen molar-refractivity contribution in [3.05, 3.63) is 54.1 Å². The maximum absolute atomic E-state index is 12.0. The van der Waals surface area contributed by atoms with Crippen LogP contribution in [-0.4, -0.2) is 25.7 Å². The largest absolute Gasteiger partial charge is 0.481 e. The van der Waals surface area contributed by atoms with E-state index in [0.29, 0.717) is 17.1 Å². The molecule has 0 saturated heterocycles. The van der Waals surface area contributed by atoms with Gasteiger partial charge in [-0.05, 0) is 17.7 Å². The third kappa shape index (κ3) is 3.26. The molecule has 118 valence electrons.